The molecule has 0 amide bonds. The normalized spacial score (nSPS) is 12.8. The molecule has 0 aliphatic carbocycles. The zero-order valence-corrected chi connectivity index (χ0v) is 12.4. The van der Waals surface area contributed by atoms with Crippen LogP contribution in [0.1, 0.15) is 53.5 Å². The van der Waals surface area contributed by atoms with Crippen LogP contribution in [0.5, 0.6) is 0 Å². The fourth-order valence-corrected chi connectivity index (χ4v) is 1.68. The van der Waals surface area contributed by atoms with Crippen LogP contribution in [-0.2, 0) is 0 Å². The summed E-state index contributed by atoms with van der Waals surface area (Å²) < 4.78 is 0. The molecule has 19 heavy (non-hydrogen) atoms. The van der Waals surface area contributed by atoms with Crippen molar-refractivity contribution >= 4 is 0 Å². The molecule has 0 saturated heterocycles. The molecule has 1 aromatic carbocycles. The summed E-state index contributed by atoms with van der Waals surface area (Å²) >= 11 is 0. The van der Waals surface area contributed by atoms with E-state index in [1.807, 2.05) is 20.8 Å². The van der Waals surface area contributed by atoms with Gasteiger partial charge in [-0.3, -0.25) is 0 Å². The van der Waals surface area contributed by atoms with Crippen molar-refractivity contribution in [2.45, 2.75) is 48.0 Å². The van der Waals surface area contributed by atoms with E-state index in [0.717, 1.165) is 0 Å². The van der Waals surface area contributed by atoms with Crippen LogP contribution in [0.2, 0.25) is 0 Å². The van der Waals surface area contributed by atoms with Crippen molar-refractivity contribution in [2.75, 3.05) is 0 Å². The minimum Gasteiger partial charge on any atom is -0.0877 e. The average molecular weight is 258 g/mol. The lowest BCUT2D eigenvalue weighted by atomic mass is 9.92. The standard InChI is InChI=1S/C16H20.C2H6.CH4/c1-4-6-11-15(10-5-2)14(3)16-12-8-7-9-13-16;1-2;/h4-14H,1-3H3;1-2H3;1H4/b6-4-,10-5-,15-11+;;. The van der Waals surface area contributed by atoms with Gasteiger partial charge in [-0.05, 0) is 25.0 Å². The Labute approximate surface area is 120 Å². The molecule has 1 aromatic rings. The van der Waals surface area contributed by atoms with Gasteiger partial charge >= 0.3 is 0 Å². The van der Waals surface area contributed by atoms with Crippen LogP contribution in [0.25, 0.3) is 0 Å². The monoisotopic (exact) mass is 258 g/mol. The first-order chi connectivity index (χ1) is 8.79. The molecule has 1 atom stereocenters. The Kier molecular flexibility index (Phi) is 13.4. The Bertz CT molecular complexity index is 380. The second-order valence-corrected chi connectivity index (χ2v) is 3.82. The van der Waals surface area contributed by atoms with E-state index in [9.17, 15) is 0 Å². The van der Waals surface area contributed by atoms with E-state index in [0.29, 0.717) is 5.92 Å². The van der Waals surface area contributed by atoms with Gasteiger partial charge in [0.15, 0.2) is 0 Å². The van der Waals surface area contributed by atoms with E-state index in [-0.39, 0.29) is 7.43 Å². The third-order valence-electron chi connectivity index (χ3n) is 2.64. The molecule has 0 saturated carbocycles. The lowest BCUT2D eigenvalue weighted by Gasteiger charge is -2.12. The van der Waals surface area contributed by atoms with Crippen LogP contribution in [0.4, 0.5) is 0 Å². The molecule has 1 rings (SSSR count). The minimum absolute atomic E-state index is 0. The number of rotatable bonds is 4. The molecule has 0 spiro atoms. The summed E-state index contributed by atoms with van der Waals surface area (Å²) in [5.74, 6) is 0.439. The number of hydrogen-bond acceptors (Lipinski definition) is 0. The first-order valence-corrected chi connectivity index (χ1v) is 6.80. The molecule has 106 valence electrons. The van der Waals surface area contributed by atoms with Gasteiger partial charge in [0.25, 0.3) is 0 Å². The SMILES string of the molecule is C.CC.C\C=C/C=C(\C=C/C)C(C)c1ccccc1. The second kappa shape index (κ2) is 12.9. The van der Waals surface area contributed by atoms with E-state index in [1.165, 1.54) is 11.1 Å². The molecule has 0 heteroatoms. The smallest absolute Gasteiger partial charge is 0.00608 e. The summed E-state index contributed by atoms with van der Waals surface area (Å²) in [6.07, 6.45) is 10.6. The summed E-state index contributed by atoms with van der Waals surface area (Å²) in [6.45, 7) is 10.3. The molecule has 0 nitrogen and oxygen atoms in total. The first-order valence-electron chi connectivity index (χ1n) is 6.80. The highest BCUT2D eigenvalue weighted by atomic mass is 14.1. The Balaban J connectivity index is 0. The van der Waals surface area contributed by atoms with Crippen molar-refractivity contribution < 1.29 is 0 Å². The summed E-state index contributed by atoms with van der Waals surface area (Å²) in [5, 5.41) is 0. The van der Waals surface area contributed by atoms with Gasteiger partial charge < -0.3 is 0 Å². The average Bonchev–Trinajstić information content (AvgIpc) is 2.46. The van der Waals surface area contributed by atoms with Crippen LogP contribution >= 0.6 is 0 Å². The summed E-state index contributed by atoms with van der Waals surface area (Å²) in [7, 11) is 0. The van der Waals surface area contributed by atoms with Crippen LogP contribution < -0.4 is 0 Å². The summed E-state index contributed by atoms with van der Waals surface area (Å²) in [6, 6.07) is 10.6. The fourth-order valence-electron chi connectivity index (χ4n) is 1.68. The van der Waals surface area contributed by atoms with Crippen molar-refractivity contribution in [1.29, 1.82) is 0 Å². The van der Waals surface area contributed by atoms with Gasteiger partial charge in [-0.2, -0.15) is 0 Å². The number of allylic oxidation sites excluding steroid dienone is 6. The zero-order chi connectivity index (χ0) is 13.8. The lowest BCUT2D eigenvalue weighted by molar-refractivity contribution is 0.921. The summed E-state index contributed by atoms with van der Waals surface area (Å²) in [4.78, 5) is 0. The molecule has 0 heterocycles. The maximum atomic E-state index is 2.24. The van der Waals surface area contributed by atoms with Crippen molar-refractivity contribution in [1.82, 2.24) is 0 Å². The molecule has 0 radical (unpaired) electrons. The predicted octanol–water partition coefficient (Wildman–Crippen LogP) is 6.53. The highest BCUT2D eigenvalue weighted by Gasteiger charge is 2.07. The molecular formula is C19H30. The zero-order valence-electron chi connectivity index (χ0n) is 12.4. The van der Waals surface area contributed by atoms with E-state index in [2.05, 4.69) is 74.6 Å². The van der Waals surface area contributed by atoms with Crippen molar-refractivity contribution in [3.8, 4) is 0 Å². The van der Waals surface area contributed by atoms with Crippen LogP contribution in [0, 0.1) is 0 Å². The summed E-state index contributed by atoms with van der Waals surface area (Å²) in [5.41, 5.74) is 2.70. The van der Waals surface area contributed by atoms with E-state index < -0.39 is 0 Å². The van der Waals surface area contributed by atoms with Crippen LogP contribution in [0.15, 0.2) is 66.3 Å². The van der Waals surface area contributed by atoms with Gasteiger partial charge in [-0.15, -0.1) is 0 Å². The lowest BCUT2D eigenvalue weighted by Crippen LogP contribution is -1.95. The quantitative estimate of drug-likeness (QED) is 0.538. The third-order valence-corrected chi connectivity index (χ3v) is 2.64. The maximum absolute atomic E-state index is 2.24. The van der Waals surface area contributed by atoms with Crippen molar-refractivity contribution in [2.24, 2.45) is 0 Å². The molecular weight excluding hydrogens is 228 g/mol. The molecule has 0 aromatic heterocycles. The minimum atomic E-state index is 0. The highest BCUT2D eigenvalue weighted by molar-refractivity contribution is 5.36. The second-order valence-electron chi connectivity index (χ2n) is 3.82. The van der Waals surface area contributed by atoms with E-state index in [1.54, 1.807) is 0 Å². The largest absolute Gasteiger partial charge is 0.0877 e. The van der Waals surface area contributed by atoms with Gasteiger partial charge in [0.1, 0.15) is 0 Å². The molecule has 1 unspecified atom stereocenters. The molecule has 0 aliphatic heterocycles. The predicted molar refractivity (Wildman–Crippen MR) is 90.6 cm³/mol. The highest BCUT2D eigenvalue weighted by Crippen LogP contribution is 2.24. The molecule has 0 aliphatic rings. The van der Waals surface area contributed by atoms with Crippen LogP contribution in [0.3, 0.4) is 0 Å². The van der Waals surface area contributed by atoms with Gasteiger partial charge in [-0.1, -0.05) is 88.9 Å². The van der Waals surface area contributed by atoms with Crippen molar-refractivity contribution in [3.63, 3.8) is 0 Å². The van der Waals surface area contributed by atoms with Gasteiger partial charge in [-0.25, -0.2) is 0 Å². The number of benzene rings is 1. The topological polar surface area (TPSA) is 0 Å². The van der Waals surface area contributed by atoms with Gasteiger partial charge in [0.2, 0.25) is 0 Å². The maximum Gasteiger partial charge on any atom is 0.00608 e. The Hall–Kier alpha value is -1.56. The fraction of sp³-hybridized carbons (Fsp3) is 0.368. The molecule has 0 fully saturated rings. The van der Waals surface area contributed by atoms with Gasteiger partial charge in [0, 0.05) is 5.92 Å². The van der Waals surface area contributed by atoms with E-state index >= 15 is 0 Å². The van der Waals surface area contributed by atoms with Gasteiger partial charge in [0.05, 0.1) is 0 Å². The Morgan fingerprint density at radius 2 is 1.58 bits per heavy atom. The molecule has 0 bridgehead atoms. The molecule has 0 N–H and O–H groups in total. The Morgan fingerprint density at radius 3 is 2.05 bits per heavy atom. The van der Waals surface area contributed by atoms with Crippen LogP contribution in [-0.4, -0.2) is 0 Å². The number of hydrogen-bond donors (Lipinski definition) is 0. The third kappa shape index (κ3) is 7.46. The first kappa shape index (κ1) is 19.8. The van der Waals surface area contributed by atoms with E-state index in [4.69, 9.17) is 0 Å². The van der Waals surface area contributed by atoms with Crippen molar-refractivity contribution in [3.05, 3.63) is 71.8 Å². The Morgan fingerprint density at radius 1 is 1.00 bits per heavy atom.